The molecular formula is C16H20N2O4S. The van der Waals surface area contributed by atoms with Crippen LogP contribution in [0.15, 0.2) is 47.5 Å². The lowest BCUT2D eigenvalue weighted by Crippen LogP contribution is -2.24. The van der Waals surface area contributed by atoms with Gasteiger partial charge in [-0.3, -0.25) is 0 Å². The highest BCUT2D eigenvalue weighted by Crippen LogP contribution is 2.15. The summed E-state index contributed by atoms with van der Waals surface area (Å²) in [6, 6.07) is 11.0. The van der Waals surface area contributed by atoms with Gasteiger partial charge in [-0.15, -0.1) is 0 Å². The Hall–Kier alpha value is -2.12. The summed E-state index contributed by atoms with van der Waals surface area (Å²) in [6.45, 7) is 2.46. The Bertz CT molecular complexity index is 767. The lowest BCUT2D eigenvalue weighted by molar-refractivity contribution is 0.0685. The average molecular weight is 336 g/mol. The molecule has 1 aromatic heterocycles. The van der Waals surface area contributed by atoms with Crippen LogP contribution in [0.2, 0.25) is 0 Å². The number of hydrogen-bond acceptors (Lipinski definition) is 3. The first-order chi connectivity index (χ1) is 10.9. The molecule has 6 nitrogen and oxygen atoms in total. The number of benzene rings is 1. The van der Waals surface area contributed by atoms with Gasteiger partial charge >= 0.3 is 5.97 Å². The van der Waals surface area contributed by atoms with Gasteiger partial charge in [-0.1, -0.05) is 30.3 Å². The van der Waals surface area contributed by atoms with Gasteiger partial charge < -0.3 is 9.67 Å². The summed E-state index contributed by atoms with van der Waals surface area (Å²) in [4.78, 5) is 11.1. The van der Waals surface area contributed by atoms with Gasteiger partial charge in [0.25, 0.3) is 0 Å². The number of aromatic carboxylic acids is 1. The minimum atomic E-state index is -3.69. The third kappa shape index (κ3) is 4.43. The molecule has 1 heterocycles. The number of nitrogens with zero attached hydrogens (tertiary/aromatic N) is 1. The van der Waals surface area contributed by atoms with Gasteiger partial charge in [0, 0.05) is 19.3 Å². The van der Waals surface area contributed by atoms with Crippen LogP contribution in [0.25, 0.3) is 0 Å². The van der Waals surface area contributed by atoms with E-state index in [9.17, 15) is 13.2 Å². The third-order valence-corrected chi connectivity index (χ3v) is 4.95. The molecule has 0 amide bonds. The molecule has 7 heteroatoms. The predicted molar refractivity (Wildman–Crippen MR) is 87.0 cm³/mol. The zero-order valence-corrected chi connectivity index (χ0v) is 13.7. The fourth-order valence-electron chi connectivity index (χ4n) is 2.30. The first-order valence-corrected chi connectivity index (χ1v) is 8.89. The van der Waals surface area contributed by atoms with Crippen LogP contribution in [0, 0.1) is 0 Å². The number of nitrogens with one attached hydrogen (secondary N) is 1. The number of sulfonamides is 1. The van der Waals surface area contributed by atoms with Crippen LogP contribution < -0.4 is 4.72 Å². The molecule has 0 aliphatic rings. The molecule has 0 unspecified atom stereocenters. The second-order valence-electron chi connectivity index (χ2n) is 5.14. The Kier molecular flexibility index (Phi) is 5.57. The number of carboxylic acids is 1. The lowest BCUT2D eigenvalue weighted by atomic mass is 10.1. The maximum atomic E-state index is 12.2. The second-order valence-corrected chi connectivity index (χ2v) is 6.91. The van der Waals surface area contributed by atoms with Crippen molar-refractivity contribution in [3.8, 4) is 0 Å². The predicted octanol–water partition coefficient (Wildman–Crippen LogP) is 2.12. The minimum absolute atomic E-state index is 0.0172. The topological polar surface area (TPSA) is 88.4 Å². The van der Waals surface area contributed by atoms with Crippen LogP contribution in [-0.2, 0) is 23.0 Å². The Labute approximate surface area is 135 Å². The summed E-state index contributed by atoms with van der Waals surface area (Å²) in [5.41, 5.74) is 1.12. The number of aryl methyl sites for hydroxylation is 2. The molecule has 0 atom stereocenters. The van der Waals surface area contributed by atoms with Crippen molar-refractivity contribution in [2.75, 3.05) is 6.54 Å². The summed E-state index contributed by atoms with van der Waals surface area (Å²) in [6.07, 6.45) is 2.80. The summed E-state index contributed by atoms with van der Waals surface area (Å²) >= 11 is 0. The van der Waals surface area contributed by atoms with Crippen molar-refractivity contribution in [3.05, 3.63) is 53.9 Å². The van der Waals surface area contributed by atoms with E-state index in [0.29, 0.717) is 19.5 Å². The minimum Gasteiger partial charge on any atom is -0.477 e. The molecule has 2 N–H and O–H groups in total. The molecule has 0 spiro atoms. The van der Waals surface area contributed by atoms with Gasteiger partial charge in [0.1, 0.15) is 10.6 Å². The Morgan fingerprint density at radius 3 is 2.52 bits per heavy atom. The highest BCUT2D eigenvalue weighted by Gasteiger charge is 2.20. The molecule has 0 aliphatic heterocycles. The number of carboxylic acid groups (broad SMARTS) is 1. The zero-order chi connectivity index (χ0) is 16.9. The molecule has 0 saturated heterocycles. The van der Waals surface area contributed by atoms with Crippen LogP contribution in [0.3, 0.4) is 0 Å². The van der Waals surface area contributed by atoms with E-state index in [0.717, 1.165) is 12.0 Å². The molecule has 0 radical (unpaired) electrons. The fraction of sp³-hybridized carbons (Fsp3) is 0.312. The Balaban J connectivity index is 1.98. The second kappa shape index (κ2) is 7.43. The van der Waals surface area contributed by atoms with E-state index in [2.05, 4.69) is 4.72 Å². The van der Waals surface area contributed by atoms with Gasteiger partial charge in [-0.2, -0.15) is 0 Å². The summed E-state index contributed by atoms with van der Waals surface area (Å²) < 4.78 is 28.4. The maximum Gasteiger partial charge on any atom is 0.352 e. The molecule has 2 aromatic rings. The lowest BCUT2D eigenvalue weighted by Gasteiger charge is -2.05. The van der Waals surface area contributed by atoms with Crippen molar-refractivity contribution in [2.24, 2.45) is 0 Å². The Morgan fingerprint density at radius 2 is 1.96 bits per heavy atom. The summed E-state index contributed by atoms with van der Waals surface area (Å²) in [5, 5.41) is 9.08. The van der Waals surface area contributed by atoms with Crippen LogP contribution in [0.5, 0.6) is 0 Å². The number of aromatic nitrogens is 1. The normalized spacial score (nSPS) is 11.5. The van der Waals surface area contributed by atoms with Crippen molar-refractivity contribution in [3.63, 3.8) is 0 Å². The quantitative estimate of drug-likeness (QED) is 0.723. The van der Waals surface area contributed by atoms with Crippen LogP contribution in [-0.4, -0.2) is 30.6 Å². The SMILES string of the molecule is CCn1cc(S(=O)(=O)NCCCc2ccccc2)cc1C(=O)O. The van der Waals surface area contributed by atoms with Gasteiger partial charge in [0.15, 0.2) is 0 Å². The highest BCUT2D eigenvalue weighted by atomic mass is 32.2. The Morgan fingerprint density at radius 1 is 1.26 bits per heavy atom. The molecule has 23 heavy (non-hydrogen) atoms. The molecule has 124 valence electrons. The number of carbonyl (C=O) groups is 1. The van der Waals surface area contributed by atoms with Gasteiger partial charge in [0.2, 0.25) is 10.0 Å². The summed E-state index contributed by atoms with van der Waals surface area (Å²) in [5.74, 6) is -1.14. The molecule has 0 bridgehead atoms. The maximum absolute atomic E-state index is 12.2. The molecule has 2 rings (SSSR count). The smallest absolute Gasteiger partial charge is 0.352 e. The van der Waals surface area contributed by atoms with E-state index in [4.69, 9.17) is 5.11 Å². The summed E-state index contributed by atoms with van der Waals surface area (Å²) in [7, 11) is -3.69. The van der Waals surface area contributed by atoms with Crippen molar-refractivity contribution >= 4 is 16.0 Å². The molecule has 0 fully saturated rings. The van der Waals surface area contributed by atoms with Crippen molar-refractivity contribution in [2.45, 2.75) is 31.2 Å². The van der Waals surface area contributed by atoms with Crippen LogP contribution in [0.1, 0.15) is 29.4 Å². The monoisotopic (exact) mass is 336 g/mol. The van der Waals surface area contributed by atoms with Crippen molar-refractivity contribution in [1.29, 1.82) is 0 Å². The van der Waals surface area contributed by atoms with E-state index in [1.807, 2.05) is 30.3 Å². The first-order valence-electron chi connectivity index (χ1n) is 7.41. The fourth-order valence-corrected chi connectivity index (χ4v) is 3.41. The number of hydrogen-bond donors (Lipinski definition) is 2. The third-order valence-electron chi connectivity index (χ3n) is 3.52. The highest BCUT2D eigenvalue weighted by molar-refractivity contribution is 7.89. The largest absolute Gasteiger partial charge is 0.477 e. The van der Waals surface area contributed by atoms with E-state index in [1.165, 1.54) is 16.8 Å². The standard InChI is InChI=1S/C16H20N2O4S/c1-2-18-12-14(11-15(18)16(19)20)23(21,22)17-10-6-9-13-7-4-3-5-8-13/h3-5,7-8,11-12,17H,2,6,9-10H2,1H3,(H,19,20). The van der Waals surface area contributed by atoms with Gasteiger partial charge in [-0.25, -0.2) is 17.9 Å². The first kappa shape index (κ1) is 17.2. The average Bonchev–Trinajstić information content (AvgIpc) is 2.98. The van der Waals surface area contributed by atoms with E-state index >= 15 is 0 Å². The van der Waals surface area contributed by atoms with Crippen molar-refractivity contribution in [1.82, 2.24) is 9.29 Å². The van der Waals surface area contributed by atoms with E-state index in [1.54, 1.807) is 6.92 Å². The van der Waals surface area contributed by atoms with Gasteiger partial charge in [0.05, 0.1) is 0 Å². The van der Waals surface area contributed by atoms with Crippen LogP contribution in [0.4, 0.5) is 0 Å². The van der Waals surface area contributed by atoms with Gasteiger partial charge in [-0.05, 0) is 31.4 Å². The number of rotatable bonds is 8. The van der Waals surface area contributed by atoms with E-state index < -0.39 is 16.0 Å². The molecular weight excluding hydrogens is 316 g/mol. The zero-order valence-electron chi connectivity index (χ0n) is 12.9. The molecule has 0 saturated carbocycles. The molecule has 1 aromatic carbocycles. The van der Waals surface area contributed by atoms with Crippen LogP contribution >= 0.6 is 0 Å². The van der Waals surface area contributed by atoms with E-state index in [-0.39, 0.29) is 10.6 Å². The van der Waals surface area contributed by atoms with Crippen molar-refractivity contribution < 1.29 is 18.3 Å². The molecule has 0 aliphatic carbocycles.